The second-order valence-corrected chi connectivity index (χ2v) is 17.0. The van der Waals surface area contributed by atoms with Crippen LogP contribution in [0.3, 0.4) is 0 Å². The van der Waals surface area contributed by atoms with Crippen molar-refractivity contribution in [2.45, 2.75) is 118 Å². The van der Waals surface area contributed by atoms with Gasteiger partial charge in [0.15, 0.2) is 17.9 Å². The summed E-state index contributed by atoms with van der Waals surface area (Å²) in [5, 5.41) is 64.9. The molecule has 0 aromatic heterocycles. The lowest BCUT2D eigenvalue weighted by Gasteiger charge is -2.43. The molecule has 1 unspecified atom stereocenters. The van der Waals surface area contributed by atoms with E-state index < -0.39 is 101 Å². The maximum absolute atomic E-state index is 13.9. The monoisotopic (exact) mass is 797 g/mol. The number of ether oxygens (including phenoxy) is 3. The van der Waals surface area contributed by atoms with Gasteiger partial charge in [0.2, 0.25) is 11.7 Å². The number of fused-ring (bicyclic) bond motifs is 4. The summed E-state index contributed by atoms with van der Waals surface area (Å²) >= 11 is 1.79. The van der Waals surface area contributed by atoms with Crippen LogP contribution in [0, 0.1) is 0 Å². The zero-order chi connectivity index (χ0) is 40.5. The number of aromatic hydroxyl groups is 2. The van der Waals surface area contributed by atoms with Crippen LogP contribution in [0.4, 0.5) is 4.79 Å². The Bertz CT molecular complexity index is 2010. The molecule has 2 aliphatic carbocycles. The number of benzene rings is 2. The van der Waals surface area contributed by atoms with Gasteiger partial charge in [0.1, 0.15) is 35.6 Å². The van der Waals surface area contributed by atoms with E-state index in [9.17, 15) is 49.5 Å². The average Bonchev–Trinajstić information content (AvgIpc) is 3.53. The molecule has 7 rings (SSSR count). The summed E-state index contributed by atoms with van der Waals surface area (Å²) < 4.78 is 17.6. The molecule has 2 aromatic rings. The predicted molar refractivity (Wildman–Crippen MR) is 199 cm³/mol. The van der Waals surface area contributed by atoms with Crippen LogP contribution < -0.4 is 20.7 Å². The molecule has 2 aromatic carbocycles. The number of carbonyl (C=O) groups is 5. The molecule has 9 atom stereocenters. The number of phenols is 2. The molecule has 0 radical (unpaired) electrons. The highest BCUT2D eigenvalue weighted by Gasteiger charge is 2.60. The summed E-state index contributed by atoms with van der Waals surface area (Å²) in [4.78, 5) is 65.9. The number of hydrogen-bond donors (Lipinski definition) is 8. The van der Waals surface area contributed by atoms with Gasteiger partial charge in [0.05, 0.1) is 53.1 Å². The van der Waals surface area contributed by atoms with Gasteiger partial charge >= 0.3 is 6.03 Å². The van der Waals surface area contributed by atoms with Crippen molar-refractivity contribution in [1.82, 2.24) is 16.0 Å². The maximum atomic E-state index is 13.9. The van der Waals surface area contributed by atoms with Gasteiger partial charge in [0.25, 0.3) is 0 Å². The van der Waals surface area contributed by atoms with Gasteiger partial charge in [-0.2, -0.15) is 11.8 Å². The van der Waals surface area contributed by atoms with Crippen molar-refractivity contribution in [3.05, 3.63) is 51.6 Å². The normalized spacial score (nSPS) is 33.1. The lowest BCUT2D eigenvalue weighted by molar-refractivity contribution is -0.249. The summed E-state index contributed by atoms with van der Waals surface area (Å²) in [6, 6.07) is 3.31. The van der Waals surface area contributed by atoms with Gasteiger partial charge in [-0.3, -0.25) is 19.2 Å². The topological polar surface area (TPSA) is 250 Å². The highest BCUT2D eigenvalue weighted by molar-refractivity contribution is 8.00. The molecule has 0 saturated carbocycles. The van der Waals surface area contributed by atoms with E-state index in [1.165, 1.54) is 25.3 Å². The molecule has 3 saturated heterocycles. The first kappa shape index (κ1) is 40.0. The van der Waals surface area contributed by atoms with E-state index in [0.717, 1.165) is 18.6 Å². The third-order valence-electron chi connectivity index (χ3n) is 12.4. The number of unbranched alkanes of at least 4 members (excludes halogenated alkanes) is 1. The minimum atomic E-state index is -2.33. The van der Waals surface area contributed by atoms with Gasteiger partial charge in [-0.1, -0.05) is 18.6 Å². The number of aliphatic hydroxyl groups excluding tert-OH is 2. The number of rotatable bonds is 11. The Morgan fingerprint density at radius 2 is 1.79 bits per heavy atom. The van der Waals surface area contributed by atoms with Crippen molar-refractivity contribution < 1.29 is 63.7 Å². The zero-order valence-electron chi connectivity index (χ0n) is 31.5. The van der Waals surface area contributed by atoms with Crippen LogP contribution in [0.1, 0.15) is 108 Å². The summed E-state index contributed by atoms with van der Waals surface area (Å²) in [5.74, 6) is -3.52. The molecular formula is C39H47N3O13S. The second kappa shape index (κ2) is 14.6. The Balaban J connectivity index is 1.09. The number of phenolic OH excluding ortho intramolecular Hbond substituents is 2. The van der Waals surface area contributed by atoms with Crippen LogP contribution >= 0.6 is 11.8 Å². The number of Topliss-reactive ketones (excluding diaryl/α,β-unsaturated/α-hetero) is 1. The summed E-state index contributed by atoms with van der Waals surface area (Å²) in [6.07, 6.45) is -3.68. The smallest absolute Gasteiger partial charge is 0.315 e. The fraction of sp³-hybridized carbons (Fsp3) is 0.564. The standard InChI is InChI=1S/C39H47N3O13S/c1-17-31(46)20(40-25(45)11-6-5-10-24-38(3)37(2,16-56-24)41-36(51)42-38)12-26(54-17)55-22-14-39(52,23(44)15-43)13-19-28(22)35(50)30-29(33(19)48)32(47)18-8-7-9-21(53-4)27(18)34(30)49/h7-9,17,20,22,24,26,31,43,46,48,50,52H,5-6,10-16H2,1-4H3,(H,40,45)(H2,41,42,51)/t17-,20-,22-,24?,26-,31+,37-,38+,39-/m0/s1. The molecule has 3 fully saturated rings. The van der Waals surface area contributed by atoms with E-state index in [1.807, 2.05) is 13.8 Å². The summed E-state index contributed by atoms with van der Waals surface area (Å²) in [7, 11) is 1.31. The molecule has 302 valence electrons. The Morgan fingerprint density at radius 1 is 1.05 bits per heavy atom. The molecule has 56 heavy (non-hydrogen) atoms. The molecule has 0 spiro atoms. The third kappa shape index (κ3) is 6.41. The number of carbonyl (C=O) groups excluding carboxylic acids is 5. The largest absolute Gasteiger partial charge is 0.507 e. The first-order valence-corrected chi connectivity index (χ1v) is 19.8. The SMILES string of the molecule is COc1cccc2c1C(=O)c1c(O)c3c(c(O)c1C2=O)C[C@@](O)(C(=O)CO)C[C@@H]3O[C@H]1C[C@H](NC(=O)CCCCC2SC[C@]3(C)NC(=O)N[C@]23C)[C@H](O)[C@H](C)O1. The molecule has 17 heteroatoms. The van der Waals surface area contributed by atoms with E-state index in [0.29, 0.717) is 6.42 Å². The fourth-order valence-electron chi connectivity index (χ4n) is 8.97. The first-order valence-electron chi connectivity index (χ1n) is 18.7. The number of hydrogen-bond acceptors (Lipinski definition) is 14. The van der Waals surface area contributed by atoms with Gasteiger partial charge < -0.3 is 55.7 Å². The van der Waals surface area contributed by atoms with Gasteiger partial charge in [-0.05, 0) is 39.7 Å². The predicted octanol–water partition coefficient (Wildman–Crippen LogP) is 1.66. The van der Waals surface area contributed by atoms with Crippen LogP contribution in [-0.2, 0) is 25.5 Å². The maximum Gasteiger partial charge on any atom is 0.315 e. The van der Waals surface area contributed by atoms with E-state index >= 15 is 0 Å². The van der Waals surface area contributed by atoms with E-state index in [4.69, 9.17) is 14.2 Å². The molecule has 16 nitrogen and oxygen atoms in total. The third-order valence-corrected chi connectivity index (χ3v) is 14.2. The molecule has 3 heterocycles. The Morgan fingerprint density at radius 3 is 2.50 bits per heavy atom. The molecule has 0 bridgehead atoms. The molecule has 5 aliphatic rings. The lowest BCUT2D eigenvalue weighted by Crippen LogP contribution is -2.58. The Hall–Kier alpha value is -4.26. The van der Waals surface area contributed by atoms with E-state index in [-0.39, 0.29) is 63.6 Å². The minimum Gasteiger partial charge on any atom is -0.507 e. The number of ketones is 3. The van der Waals surface area contributed by atoms with Gasteiger partial charge in [-0.25, -0.2) is 4.79 Å². The quantitative estimate of drug-likeness (QED) is 0.0781. The van der Waals surface area contributed by atoms with Crippen molar-refractivity contribution in [3.63, 3.8) is 0 Å². The van der Waals surface area contributed by atoms with E-state index in [1.54, 1.807) is 18.7 Å². The lowest BCUT2D eigenvalue weighted by atomic mass is 9.72. The fourth-order valence-corrected chi connectivity index (χ4v) is 10.9. The van der Waals surface area contributed by atoms with Crippen LogP contribution in [0.25, 0.3) is 0 Å². The van der Waals surface area contributed by atoms with Crippen molar-refractivity contribution in [3.8, 4) is 17.2 Å². The number of methoxy groups -OCH3 is 1. The highest BCUT2D eigenvalue weighted by Crippen LogP contribution is 2.53. The molecule has 3 aliphatic heterocycles. The molecule has 3 amide bonds. The van der Waals surface area contributed by atoms with Crippen LogP contribution in [0.15, 0.2) is 18.2 Å². The zero-order valence-corrected chi connectivity index (χ0v) is 32.3. The van der Waals surface area contributed by atoms with E-state index in [2.05, 4.69) is 16.0 Å². The van der Waals surface area contributed by atoms with Crippen molar-refractivity contribution >= 4 is 41.0 Å². The summed E-state index contributed by atoms with van der Waals surface area (Å²) in [6.45, 7) is 4.58. The van der Waals surface area contributed by atoms with Crippen LogP contribution in [0.5, 0.6) is 17.2 Å². The minimum absolute atomic E-state index is 0.0707. The summed E-state index contributed by atoms with van der Waals surface area (Å²) in [5.41, 5.74) is -4.70. The van der Waals surface area contributed by atoms with Crippen LogP contribution in [0.2, 0.25) is 0 Å². The number of amides is 3. The molecule has 8 N–H and O–H groups in total. The number of nitrogens with one attached hydrogen (secondary N) is 3. The average molecular weight is 798 g/mol. The van der Waals surface area contributed by atoms with Gasteiger partial charge in [-0.15, -0.1) is 0 Å². The number of aliphatic hydroxyl groups is 3. The van der Waals surface area contributed by atoms with Crippen LogP contribution in [-0.4, -0.2) is 121 Å². The van der Waals surface area contributed by atoms with Gasteiger partial charge in [0, 0.05) is 53.4 Å². The first-order chi connectivity index (χ1) is 26.5. The highest BCUT2D eigenvalue weighted by atomic mass is 32.2. The van der Waals surface area contributed by atoms with Crippen molar-refractivity contribution in [2.24, 2.45) is 0 Å². The number of thioether (sulfide) groups is 1. The number of urea groups is 1. The molecular weight excluding hydrogens is 751 g/mol. The van der Waals surface area contributed by atoms with Crippen molar-refractivity contribution in [2.75, 3.05) is 19.5 Å². The Kier molecular flexibility index (Phi) is 10.4. The van der Waals surface area contributed by atoms with Crippen molar-refractivity contribution in [1.29, 1.82) is 0 Å². The second-order valence-electron chi connectivity index (χ2n) is 15.8. The Labute approximate surface area is 326 Å².